The monoisotopic (exact) mass is 248 g/mol. The van der Waals surface area contributed by atoms with Gasteiger partial charge in [0.2, 0.25) is 5.88 Å². The van der Waals surface area contributed by atoms with E-state index in [9.17, 15) is 0 Å². The van der Waals surface area contributed by atoms with Gasteiger partial charge in [0.1, 0.15) is 0 Å². The van der Waals surface area contributed by atoms with Gasteiger partial charge in [0.25, 0.3) is 0 Å². The van der Waals surface area contributed by atoms with Gasteiger partial charge in [-0.1, -0.05) is 29.8 Å². The SMILES string of the molecule is COc1nc(-c2ccc(Cl)cc2)ccc1CN. The molecule has 0 saturated heterocycles. The van der Waals surface area contributed by atoms with E-state index >= 15 is 0 Å². The topological polar surface area (TPSA) is 48.1 Å². The molecule has 0 aliphatic rings. The van der Waals surface area contributed by atoms with E-state index in [1.807, 2.05) is 36.4 Å². The van der Waals surface area contributed by atoms with Crippen LogP contribution >= 0.6 is 11.6 Å². The minimum Gasteiger partial charge on any atom is -0.481 e. The highest BCUT2D eigenvalue weighted by molar-refractivity contribution is 6.30. The largest absolute Gasteiger partial charge is 0.481 e. The van der Waals surface area contributed by atoms with Crippen molar-refractivity contribution in [1.82, 2.24) is 4.98 Å². The van der Waals surface area contributed by atoms with Crippen LogP contribution in [-0.4, -0.2) is 12.1 Å². The first-order valence-corrected chi connectivity index (χ1v) is 5.62. The number of aromatic nitrogens is 1. The van der Waals surface area contributed by atoms with E-state index in [1.165, 1.54) is 0 Å². The van der Waals surface area contributed by atoms with E-state index in [2.05, 4.69) is 4.98 Å². The van der Waals surface area contributed by atoms with Crippen LogP contribution in [0.4, 0.5) is 0 Å². The molecule has 0 unspecified atom stereocenters. The van der Waals surface area contributed by atoms with Crippen molar-refractivity contribution in [2.45, 2.75) is 6.54 Å². The third-order valence-electron chi connectivity index (χ3n) is 2.49. The summed E-state index contributed by atoms with van der Waals surface area (Å²) in [4.78, 5) is 4.42. The maximum Gasteiger partial charge on any atom is 0.218 e. The Morgan fingerprint density at radius 2 is 1.88 bits per heavy atom. The number of pyridine rings is 1. The molecule has 1 aromatic carbocycles. The molecule has 1 aromatic heterocycles. The molecule has 0 radical (unpaired) electrons. The highest BCUT2D eigenvalue weighted by atomic mass is 35.5. The van der Waals surface area contributed by atoms with Crippen molar-refractivity contribution < 1.29 is 4.74 Å². The van der Waals surface area contributed by atoms with Crippen molar-refractivity contribution in [3.63, 3.8) is 0 Å². The van der Waals surface area contributed by atoms with Crippen LogP contribution < -0.4 is 10.5 Å². The van der Waals surface area contributed by atoms with Crippen molar-refractivity contribution in [3.8, 4) is 17.1 Å². The number of hydrogen-bond donors (Lipinski definition) is 1. The lowest BCUT2D eigenvalue weighted by molar-refractivity contribution is 0.393. The fourth-order valence-electron chi connectivity index (χ4n) is 1.58. The molecule has 0 amide bonds. The van der Waals surface area contributed by atoms with Crippen molar-refractivity contribution in [3.05, 3.63) is 47.0 Å². The third kappa shape index (κ3) is 2.57. The van der Waals surface area contributed by atoms with Gasteiger partial charge in [-0.05, 0) is 18.2 Å². The van der Waals surface area contributed by atoms with E-state index in [-0.39, 0.29) is 0 Å². The van der Waals surface area contributed by atoms with Gasteiger partial charge in [-0.25, -0.2) is 4.98 Å². The van der Waals surface area contributed by atoms with Gasteiger partial charge in [-0.2, -0.15) is 0 Å². The second-order valence-corrected chi connectivity index (χ2v) is 4.01. The van der Waals surface area contributed by atoms with Crippen LogP contribution in [0.25, 0.3) is 11.3 Å². The summed E-state index contributed by atoms with van der Waals surface area (Å²) < 4.78 is 5.20. The molecule has 0 aliphatic heterocycles. The van der Waals surface area contributed by atoms with Crippen LogP contribution in [0.3, 0.4) is 0 Å². The Balaban J connectivity index is 2.42. The Kier molecular flexibility index (Phi) is 3.61. The Hall–Kier alpha value is -1.58. The van der Waals surface area contributed by atoms with Crippen molar-refractivity contribution in [1.29, 1.82) is 0 Å². The molecule has 0 atom stereocenters. The van der Waals surface area contributed by atoms with Gasteiger partial charge < -0.3 is 10.5 Å². The highest BCUT2D eigenvalue weighted by Crippen LogP contribution is 2.24. The first kappa shape index (κ1) is 11.9. The quantitative estimate of drug-likeness (QED) is 0.909. The van der Waals surface area contributed by atoms with Gasteiger partial charge in [0.15, 0.2) is 0 Å². The van der Waals surface area contributed by atoms with Crippen LogP contribution in [0.2, 0.25) is 5.02 Å². The van der Waals surface area contributed by atoms with Gasteiger partial charge >= 0.3 is 0 Å². The molecule has 1 heterocycles. The van der Waals surface area contributed by atoms with Crippen LogP contribution in [-0.2, 0) is 6.54 Å². The number of nitrogens with two attached hydrogens (primary N) is 1. The smallest absolute Gasteiger partial charge is 0.218 e. The van der Waals surface area contributed by atoms with Crippen LogP contribution in [0.15, 0.2) is 36.4 Å². The number of benzene rings is 1. The second-order valence-electron chi connectivity index (χ2n) is 3.58. The summed E-state index contributed by atoms with van der Waals surface area (Å²) in [5, 5.41) is 0.708. The lowest BCUT2D eigenvalue weighted by atomic mass is 10.1. The number of ether oxygens (including phenoxy) is 1. The normalized spacial score (nSPS) is 10.3. The Morgan fingerprint density at radius 1 is 1.18 bits per heavy atom. The lowest BCUT2D eigenvalue weighted by Crippen LogP contribution is -2.02. The molecular formula is C13H13ClN2O. The Labute approximate surface area is 105 Å². The fraction of sp³-hybridized carbons (Fsp3) is 0.154. The van der Waals surface area contributed by atoms with E-state index in [1.54, 1.807) is 7.11 Å². The molecule has 0 fully saturated rings. The molecule has 4 heteroatoms. The zero-order chi connectivity index (χ0) is 12.3. The molecule has 17 heavy (non-hydrogen) atoms. The number of rotatable bonds is 3. The average Bonchev–Trinajstić information content (AvgIpc) is 2.39. The van der Waals surface area contributed by atoms with Gasteiger partial charge in [-0.15, -0.1) is 0 Å². The maximum absolute atomic E-state index is 5.84. The molecule has 0 aliphatic carbocycles. The number of hydrogen-bond acceptors (Lipinski definition) is 3. The lowest BCUT2D eigenvalue weighted by Gasteiger charge is -2.08. The third-order valence-corrected chi connectivity index (χ3v) is 2.74. The number of methoxy groups -OCH3 is 1. The molecule has 2 N–H and O–H groups in total. The molecule has 2 rings (SSSR count). The molecular weight excluding hydrogens is 236 g/mol. The summed E-state index contributed by atoms with van der Waals surface area (Å²) in [7, 11) is 1.59. The van der Waals surface area contributed by atoms with Gasteiger partial charge in [0, 0.05) is 22.7 Å². The number of nitrogens with zero attached hydrogens (tertiary/aromatic N) is 1. The van der Waals surface area contributed by atoms with Crippen LogP contribution in [0.1, 0.15) is 5.56 Å². The first-order chi connectivity index (χ1) is 8.24. The Bertz CT molecular complexity index is 511. The fourth-order valence-corrected chi connectivity index (χ4v) is 1.71. The van der Waals surface area contributed by atoms with E-state index < -0.39 is 0 Å². The number of halogens is 1. The summed E-state index contributed by atoms with van der Waals surface area (Å²) in [5.41, 5.74) is 8.33. The van der Waals surface area contributed by atoms with Crippen molar-refractivity contribution >= 4 is 11.6 Å². The zero-order valence-electron chi connectivity index (χ0n) is 9.48. The van der Waals surface area contributed by atoms with Crippen LogP contribution in [0, 0.1) is 0 Å². The zero-order valence-corrected chi connectivity index (χ0v) is 10.2. The van der Waals surface area contributed by atoms with Crippen LogP contribution in [0.5, 0.6) is 5.88 Å². The second kappa shape index (κ2) is 5.17. The minimum absolute atomic E-state index is 0.414. The maximum atomic E-state index is 5.84. The summed E-state index contributed by atoms with van der Waals surface area (Å²) in [6.45, 7) is 0.414. The molecule has 88 valence electrons. The average molecular weight is 249 g/mol. The van der Waals surface area contributed by atoms with Crippen molar-refractivity contribution in [2.24, 2.45) is 5.73 Å². The first-order valence-electron chi connectivity index (χ1n) is 5.24. The van der Waals surface area contributed by atoms with Gasteiger partial charge in [0.05, 0.1) is 12.8 Å². The predicted molar refractivity (Wildman–Crippen MR) is 69.1 cm³/mol. The predicted octanol–water partition coefficient (Wildman–Crippen LogP) is 2.87. The van der Waals surface area contributed by atoms with E-state index in [0.29, 0.717) is 17.4 Å². The van der Waals surface area contributed by atoms with E-state index in [4.69, 9.17) is 22.1 Å². The van der Waals surface area contributed by atoms with Crippen molar-refractivity contribution in [2.75, 3.05) is 7.11 Å². The van der Waals surface area contributed by atoms with E-state index in [0.717, 1.165) is 16.8 Å². The highest BCUT2D eigenvalue weighted by Gasteiger charge is 2.06. The van der Waals surface area contributed by atoms with Gasteiger partial charge in [-0.3, -0.25) is 0 Å². The molecule has 3 nitrogen and oxygen atoms in total. The molecule has 0 spiro atoms. The Morgan fingerprint density at radius 3 is 2.47 bits per heavy atom. The summed E-state index contributed by atoms with van der Waals surface area (Å²) in [5.74, 6) is 0.569. The standard InChI is InChI=1S/C13H13ClN2O/c1-17-13-10(8-15)4-7-12(16-13)9-2-5-11(14)6-3-9/h2-7H,8,15H2,1H3. The molecule has 2 aromatic rings. The minimum atomic E-state index is 0.414. The molecule has 0 saturated carbocycles. The molecule has 0 bridgehead atoms. The summed E-state index contributed by atoms with van der Waals surface area (Å²) >= 11 is 5.84. The summed E-state index contributed by atoms with van der Waals surface area (Å²) in [6.07, 6.45) is 0. The summed E-state index contributed by atoms with van der Waals surface area (Å²) in [6, 6.07) is 11.4.